The molecule has 1 saturated heterocycles. The number of anilines is 1. The second-order valence-electron chi connectivity index (χ2n) is 11.3. The van der Waals surface area contributed by atoms with Gasteiger partial charge in [-0.15, -0.1) is 17.9 Å². The topological polar surface area (TPSA) is 84.5 Å². The van der Waals surface area contributed by atoms with E-state index in [4.69, 9.17) is 5.10 Å². The summed E-state index contributed by atoms with van der Waals surface area (Å²) in [7, 11) is 0. The number of hydrogen-bond donors (Lipinski definition) is 1. The molecule has 3 aromatic heterocycles. The van der Waals surface area contributed by atoms with Gasteiger partial charge in [0.25, 0.3) is 11.5 Å². The molecule has 0 radical (unpaired) electrons. The zero-order valence-electron chi connectivity index (χ0n) is 27.3. The van der Waals surface area contributed by atoms with Crippen LogP contribution in [-0.2, 0) is 6.54 Å². The van der Waals surface area contributed by atoms with E-state index in [9.17, 15) is 14.0 Å². The molecule has 1 saturated carbocycles. The van der Waals surface area contributed by atoms with Gasteiger partial charge in [0.05, 0.1) is 11.9 Å². The molecule has 6 rings (SSSR count). The summed E-state index contributed by atoms with van der Waals surface area (Å²) in [6.07, 6.45) is 16.7. The summed E-state index contributed by atoms with van der Waals surface area (Å²) >= 11 is 0. The Morgan fingerprint density at radius 1 is 1.00 bits per heavy atom. The highest BCUT2D eigenvalue weighted by Crippen LogP contribution is 2.25. The van der Waals surface area contributed by atoms with Gasteiger partial charge < -0.3 is 14.8 Å². The number of pyridine rings is 1. The number of terminal acetylenes is 1. The fourth-order valence-electron chi connectivity index (χ4n) is 5.81. The third kappa shape index (κ3) is 9.04. The quantitative estimate of drug-likeness (QED) is 0.259. The van der Waals surface area contributed by atoms with Crippen LogP contribution in [0.3, 0.4) is 0 Å². The standard InChI is InChI=1S/C26H34N6O2.C6H5F.C2H6.C2H2/c1-17-13-22(26(34)31(19(17)3)15-20-7-5-4-6-8-20)25(33)28-21-11-12-30(16-21)24-10-9-23-27-14-18(2)32(23)29-24;7-6-4-2-1-3-5-6;2*1-2/h9-10,13-14,20-21H,4-8,11-12,15-16H2,1-3H3,(H,28,33);1-5H;1-2H3;1-2H. The van der Waals surface area contributed by atoms with Gasteiger partial charge in [0, 0.05) is 31.4 Å². The second kappa shape index (κ2) is 17.1. The van der Waals surface area contributed by atoms with Crippen molar-refractivity contribution < 1.29 is 9.18 Å². The van der Waals surface area contributed by atoms with Crippen molar-refractivity contribution in [3.8, 4) is 12.8 Å². The summed E-state index contributed by atoms with van der Waals surface area (Å²) in [6, 6.07) is 13.6. The van der Waals surface area contributed by atoms with Crippen LogP contribution in [0.5, 0.6) is 0 Å². The molecule has 1 N–H and O–H groups in total. The molecule has 1 amide bonds. The smallest absolute Gasteiger partial charge is 0.263 e. The highest BCUT2D eigenvalue weighted by atomic mass is 19.1. The predicted octanol–water partition coefficient (Wildman–Crippen LogP) is 6.51. The van der Waals surface area contributed by atoms with E-state index in [2.05, 4.69) is 28.0 Å². The van der Waals surface area contributed by atoms with E-state index in [1.165, 1.54) is 31.4 Å². The van der Waals surface area contributed by atoms with Crippen molar-refractivity contribution in [2.24, 2.45) is 5.92 Å². The SMILES string of the molecule is C#C.CC.Cc1cc(C(=O)NC2CCN(c3ccc4ncc(C)n4n3)C2)c(=O)n(CC2CCCCC2)c1C.Fc1ccccc1. The molecule has 1 aliphatic carbocycles. The first-order chi connectivity index (χ1) is 21.8. The molecular formula is C36H47FN6O2. The van der Waals surface area contributed by atoms with Crippen LogP contribution in [0.4, 0.5) is 10.2 Å². The number of imidazole rings is 1. The van der Waals surface area contributed by atoms with E-state index in [1.54, 1.807) is 24.3 Å². The number of carbonyl (C=O) groups excluding carboxylic acids is 1. The molecular weight excluding hydrogens is 567 g/mol. The highest BCUT2D eigenvalue weighted by molar-refractivity contribution is 5.94. The Hall–Kier alpha value is -4.45. The zero-order valence-corrected chi connectivity index (χ0v) is 27.3. The normalized spacial score (nSPS) is 16.0. The Bertz CT molecular complexity index is 1600. The molecule has 1 aliphatic heterocycles. The molecule has 4 aromatic rings. The summed E-state index contributed by atoms with van der Waals surface area (Å²) in [5.74, 6) is 0.940. The van der Waals surface area contributed by atoms with Crippen LogP contribution >= 0.6 is 0 Å². The fraction of sp³-hybridized carbons (Fsp3) is 0.444. The zero-order chi connectivity index (χ0) is 32.9. The average Bonchev–Trinajstić information content (AvgIpc) is 3.70. The van der Waals surface area contributed by atoms with E-state index in [0.717, 1.165) is 54.2 Å². The van der Waals surface area contributed by atoms with E-state index in [0.29, 0.717) is 19.0 Å². The first-order valence-corrected chi connectivity index (χ1v) is 15.9. The second-order valence-corrected chi connectivity index (χ2v) is 11.3. The van der Waals surface area contributed by atoms with Crippen molar-refractivity contribution in [1.29, 1.82) is 0 Å². The van der Waals surface area contributed by atoms with Crippen molar-refractivity contribution in [3.63, 3.8) is 0 Å². The third-order valence-electron chi connectivity index (χ3n) is 8.32. The van der Waals surface area contributed by atoms with Gasteiger partial charge in [-0.05, 0) is 81.8 Å². The third-order valence-corrected chi connectivity index (χ3v) is 8.32. The van der Waals surface area contributed by atoms with Gasteiger partial charge in [-0.2, -0.15) is 0 Å². The minimum Gasteiger partial charge on any atom is -0.353 e. The number of aromatic nitrogens is 4. The number of nitrogens with one attached hydrogen (secondary N) is 1. The molecule has 0 spiro atoms. The summed E-state index contributed by atoms with van der Waals surface area (Å²) < 4.78 is 15.6. The van der Waals surface area contributed by atoms with Gasteiger partial charge in [-0.3, -0.25) is 9.59 Å². The van der Waals surface area contributed by atoms with Crippen LogP contribution in [0, 0.1) is 45.4 Å². The average molecular weight is 615 g/mol. The lowest BCUT2D eigenvalue weighted by atomic mass is 9.89. The maximum absolute atomic E-state index is 13.3. The van der Waals surface area contributed by atoms with Crippen LogP contribution in [0.2, 0.25) is 0 Å². The van der Waals surface area contributed by atoms with Gasteiger partial charge in [0.2, 0.25) is 0 Å². The van der Waals surface area contributed by atoms with Crippen LogP contribution in [0.15, 0.2) is 59.5 Å². The van der Waals surface area contributed by atoms with Gasteiger partial charge in [0.1, 0.15) is 17.2 Å². The van der Waals surface area contributed by atoms with E-state index < -0.39 is 0 Å². The van der Waals surface area contributed by atoms with Crippen molar-refractivity contribution in [2.45, 2.75) is 85.7 Å². The first-order valence-electron chi connectivity index (χ1n) is 15.9. The molecule has 1 atom stereocenters. The molecule has 4 heterocycles. The lowest BCUT2D eigenvalue weighted by Crippen LogP contribution is -2.41. The van der Waals surface area contributed by atoms with Gasteiger partial charge in [0.15, 0.2) is 5.65 Å². The number of rotatable bonds is 5. The molecule has 1 aromatic carbocycles. The molecule has 9 heteroatoms. The summed E-state index contributed by atoms with van der Waals surface area (Å²) in [5, 5.41) is 7.82. The molecule has 1 unspecified atom stereocenters. The minimum atomic E-state index is -0.272. The Balaban J connectivity index is 0.000000433. The largest absolute Gasteiger partial charge is 0.353 e. The molecule has 2 fully saturated rings. The van der Waals surface area contributed by atoms with Crippen molar-refractivity contribution in [1.82, 2.24) is 24.5 Å². The van der Waals surface area contributed by atoms with E-state index in [1.807, 2.05) is 62.0 Å². The van der Waals surface area contributed by atoms with Crippen LogP contribution in [0.1, 0.15) is 79.7 Å². The van der Waals surface area contributed by atoms with E-state index >= 15 is 0 Å². The number of benzene rings is 1. The lowest BCUT2D eigenvalue weighted by molar-refractivity contribution is 0.0937. The summed E-state index contributed by atoms with van der Waals surface area (Å²) in [5.41, 5.74) is 3.86. The predicted molar refractivity (Wildman–Crippen MR) is 180 cm³/mol. The number of carbonyl (C=O) groups is 1. The van der Waals surface area contributed by atoms with Gasteiger partial charge >= 0.3 is 0 Å². The number of amides is 1. The number of aryl methyl sites for hydroxylation is 2. The molecule has 240 valence electrons. The van der Waals surface area contributed by atoms with Crippen LogP contribution in [-0.4, -0.2) is 44.2 Å². The van der Waals surface area contributed by atoms with Gasteiger partial charge in [-0.25, -0.2) is 13.9 Å². The highest BCUT2D eigenvalue weighted by Gasteiger charge is 2.27. The van der Waals surface area contributed by atoms with E-state index in [-0.39, 0.29) is 28.9 Å². The summed E-state index contributed by atoms with van der Waals surface area (Å²) in [4.78, 5) is 33.0. The number of halogens is 1. The fourth-order valence-corrected chi connectivity index (χ4v) is 5.81. The van der Waals surface area contributed by atoms with Crippen LogP contribution in [0.25, 0.3) is 5.65 Å². The van der Waals surface area contributed by atoms with Crippen molar-refractivity contribution in [3.05, 3.63) is 93.4 Å². The minimum absolute atomic E-state index is 0.0262. The Kier molecular flexibility index (Phi) is 13.3. The Morgan fingerprint density at radius 2 is 1.69 bits per heavy atom. The Morgan fingerprint density at radius 3 is 2.33 bits per heavy atom. The molecule has 2 aliphatic rings. The first kappa shape index (κ1) is 35.0. The lowest BCUT2D eigenvalue weighted by Gasteiger charge is -2.24. The molecule has 0 bridgehead atoms. The number of nitrogens with zero attached hydrogens (tertiary/aromatic N) is 5. The Labute approximate surface area is 266 Å². The maximum atomic E-state index is 13.3. The maximum Gasteiger partial charge on any atom is 0.263 e. The number of hydrogen-bond acceptors (Lipinski definition) is 5. The van der Waals surface area contributed by atoms with Gasteiger partial charge in [-0.1, -0.05) is 51.3 Å². The molecule has 45 heavy (non-hydrogen) atoms. The monoisotopic (exact) mass is 614 g/mol. The summed E-state index contributed by atoms with van der Waals surface area (Å²) in [6.45, 7) is 12.1. The molecule has 8 nitrogen and oxygen atoms in total. The van der Waals surface area contributed by atoms with Crippen molar-refractivity contribution >= 4 is 17.4 Å². The van der Waals surface area contributed by atoms with Crippen molar-refractivity contribution in [2.75, 3.05) is 18.0 Å². The number of fused-ring (bicyclic) bond motifs is 1. The van der Waals surface area contributed by atoms with Crippen LogP contribution < -0.4 is 15.8 Å².